The molecule has 2 aromatic rings. The summed E-state index contributed by atoms with van der Waals surface area (Å²) in [5.74, 6) is 0. The number of benzene rings is 2. The molecule has 0 aromatic heterocycles. The normalized spacial score (nSPS) is 22.3. The summed E-state index contributed by atoms with van der Waals surface area (Å²) in [6.45, 7) is 1.97. The number of nitrogens with one attached hydrogen (secondary N) is 1. The first-order chi connectivity index (χ1) is 11.9. The molecule has 2 aliphatic rings. The molecule has 0 spiro atoms. The van der Waals surface area contributed by atoms with E-state index in [0.29, 0.717) is 23.5 Å². The van der Waals surface area contributed by atoms with E-state index in [1.54, 1.807) is 36.4 Å². The van der Waals surface area contributed by atoms with Crippen LogP contribution in [-0.2, 0) is 10.0 Å². The molecular weight excluding hydrogens is 372 g/mol. The fraction of sp³-hybridized carbons (Fsp3) is 0.333. The zero-order valence-corrected chi connectivity index (χ0v) is 16.1. The van der Waals surface area contributed by atoms with E-state index in [0.717, 1.165) is 25.2 Å². The molecule has 2 fully saturated rings. The monoisotopic (exact) mass is 394 g/mol. The van der Waals surface area contributed by atoms with E-state index in [2.05, 4.69) is 21.6 Å². The van der Waals surface area contributed by atoms with E-state index < -0.39 is 10.0 Å². The van der Waals surface area contributed by atoms with Crippen LogP contribution >= 0.6 is 12.4 Å². The quantitative estimate of drug-likeness (QED) is 0.778. The number of likely N-dealkylation sites (N-methyl/N-ethyl adjacent to an activating group) is 1. The lowest BCUT2D eigenvalue weighted by atomic mass is 10.2. The Morgan fingerprint density at radius 3 is 2.38 bits per heavy atom. The van der Waals surface area contributed by atoms with Crippen molar-refractivity contribution in [2.45, 2.75) is 23.4 Å². The molecule has 0 amide bonds. The van der Waals surface area contributed by atoms with Crippen molar-refractivity contribution in [3.05, 3.63) is 48.5 Å². The molecule has 6 nitrogen and oxygen atoms in total. The summed E-state index contributed by atoms with van der Waals surface area (Å²) in [6, 6.07) is 14.9. The number of anilines is 3. The highest BCUT2D eigenvalue weighted by molar-refractivity contribution is 7.92. The minimum absolute atomic E-state index is 0. The van der Waals surface area contributed by atoms with Crippen molar-refractivity contribution >= 4 is 39.5 Å². The fourth-order valence-electron chi connectivity index (χ4n) is 3.84. The van der Waals surface area contributed by atoms with Crippen LogP contribution in [0, 0.1) is 0 Å². The largest absolute Gasteiger partial charge is 0.397 e. The van der Waals surface area contributed by atoms with Crippen LogP contribution in [0.1, 0.15) is 6.42 Å². The minimum atomic E-state index is -3.65. The maximum Gasteiger partial charge on any atom is 0.261 e. The smallest absolute Gasteiger partial charge is 0.261 e. The van der Waals surface area contributed by atoms with E-state index in [1.165, 1.54) is 0 Å². The summed E-state index contributed by atoms with van der Waals surface area (Å²) in [7, 11) is -1.50. The molecule has 4 rings (SSSR count). The van der Waals surface area contributed by atoms with Crippen LogP contribution in [0.25, 0.3) is 0 Å². The number of rotatable bonds is 4. The molecule has 0 saturated carbocycles. The Morgan fingerprint density at radius 1 is 1.08 bits per heavy atom. The van der Waals surface area contributed by atoms with Gasteiger partial charge in [0, 0.05) is 30.9 Å². The minimum Gasteiger partial charge on any atom is -0.397 e. The number of piperazine rings is 1. The number of nitrogen functional groups attached to an aromatic ring is 1. The topological polar surface area (TPSA) is 78.7 Å². The molecule has 0 aliphatic carbocycles. The van der Waals surface area contributed by atoms with E-state index in [4.69, 9.17) is 5.73 Å². The van der Waals surface area contributed by atoms with Crippen LogP contribution in [0.4, 0.5) is 17.1 Å². The summed E-state index contributed by atoms with van der Waals surface area (Å²) in [5.41, 5.74) is 8.18. The molecule has 0 radical (unpaired) electrons. The van der Waals surface area contributed by atoms with Crippen molar-refractivity contribution in [3.63, 3.8) is 0 Å². The van der Waals surface area contributed by atoms with Crippen molar-refractivity contribution in [3.8, 4) is 0 Å². The summed E-state index contributed by atoms with van der Waals surface area (Å²) < 4.78 is 27.7. The van der Waals surface area contributed by atoms with Crippen LogP contribution < -0.4 is 15.4 Å². The Kier molecular flexibility index (Phi) is 5.05. The molecule has 2 saturated heterocycles. The lowest BCUT2D eigenvalue weighted by Gasteiger charge is -2.34. The third-order valence-electron chi connectivity index (χ3n) is 5.16. The van der Waals surface area contributed by atoms with Gasteiger partial charge in [0.25, 0.3) is 10.0 Å². The molecule has 2 aromatic carbocycles. The molecule has 2 bridgehead atoms. The number of nitrogens with two attached hydrogens (primary N) is 1. The van der Waals surface area contributed by atoms with Crippen LogP contribution in [0.3, 0.4) is 0 Å². The number of nitrogens with zero attached hydrogens (tertiary/aromatic N) is 2. The second-order valence-electron chi connectivity index (χ2n) is 6.83. The second kappa shape index (κ2) is 6.98. The highest BCUT2D eigenvalue weighted by Gasteiger charge is 2.41. The third-order valence-corrected chi connectivity index (χ3v) is 6.54. The molecule has 2 unspecified atom stereocenters. The van der Waals surface area contributed by atoms with Crippen molar-refractivity contribution < 1.29 is 8.42 Å². The number of sulfonamides is 1. The highest BCUT2D eigenvalue weighted by Crippen LogP contribution is 2.37. The fourth-order valence-corrected chi connectivity index (χ4v) is 4.94. The van der Waals surface area contributed by atoms with Crippen molar-refractivity contribution in [1.82, 2.24) is 4.90 Å². The van der Waals surface area contributed by atoms with Crippen LogP contribution in [0.2, 0.25) is 0 Å². The summed E-state index contributed by atoms with van der Waals surface area (Å²) in [6.07, 6.45) is 1.14. The predicted octanol–water partition coefficient (Wildman–Crippen LogP) is 2.38. The maximum atomic E-state index is 12.6. The van der Waals surface area contributed by atoms with Crippen LogP contribution in [-0.4, -0.2) is 45.5 Å². The number of hydrogen-bond acceptors (Lipinski definition) is 5. The van der Waals surface area contributed by atoms with Crippen LogP contribution in [0.15, 0.2) is 53.4 Å². The number of para-hydroxylation sites is 1. The van der Waals surface area contributed by atoms with Gasteiger partial charge in [0.15, 0.2) is 0 Å². The summed E-state index contributed by atoms with van der Waals surface area (Å²) >= 11 is 0. The van der Waals surface area contributed by atoms with E-state index >= 15 is 0 Å². The molecular formula is C18H23ClN4O2S. The van der Waals surface area contributed by atoms with Crippen molar-refractivity contribution in [2.75, 3.05) is 35.5 Å². The Labute approximate surface area is 160 Å². The Hall–Kier alpha value is -1.96. The third kappa shape index (κ3) is 3.34. The van der Waals surface area contributed by atoms with Crippen LogP contribution in [0.5, 0.6) is 0 Å². The van der Waals surface area contributed by atoms with Gasteiger partial charge < -0.3 is 10.6 Å². The number of fused-ring (bicyclic) bond motifs is 2. The molecule has 2 heterocycles. The molecule has 140 valence electrons. The number of halogens is 1. The first kappa shape index (κ1) is 18.8. The number of hydrogen-bond donors (Lipinski definition) is 2. The first-order valence-corrected chi connectivity index (χ1v) is 9.86. The van der Waals surface area contributed by atoms with Crippen molar-refractivity contribution in [2.24, 2.45) is 0 Å². The molecule has 26 heavy (non-hydrogen) atoms. The van der Waals surface area contributed by atoms with Gasteiger partial charge in [-0.2, -0.15) is 0 Å². The standard InChI is InChI=1S/C18H22N4O2S.ClH/c1-21-11-15-9-14(21)12-22(15)18-8-7-16(10-17(18)19)25(23,24)20-13-5-3-2-4-6-13;/h2-8,10,14-15,20H,9,11-12,19H2,1H3;1H. The Bertz CT molecular complexity index is 889. The second-order valence-corrected chi connectivity index (χ2v) is 8.51. The number of likely N-dealkylation sites (tertiary alicyclic amines) is 1. The Morgan fingerprint density at radius 2 is 1.81 bits per heavy atom. The summed E-state index contributed by atoms with van der Waals surface area (Å²) in [4.78, 5) is 4.86. The van der Waals surface area contributed by atoms with Gasteiger partial charge in [-0.1, -0.05) is 18.2 Å². The first-order valence-electron chi connectivity index (χ1n) is 8.38. The average Bonchev–Trinajstić information content (AvgIpc) is 3.14. The zero-order chi connectivity index (χ0) is 17.6. The van der Waals surface area contributed by atoms with Gasteiger partial charge in [-0.05, 0) is 43.8 Å². The van der Waals surface area contributed by atoms with E-state index in [1.807, 2.05) is 12.1 Å². The molecule has 3 N–H and O–H groups in total. The van der Waals surface area contributed by atoms with Gasteiger partial charge in [-0.15, -0.1) is 12.4 Å². The Balaban J connectivity index is 0.00000196. The maximum absolute atomic E-state index is 12.6. The van der Waals surface area contributed by atoms with Gasteiger partial charge in [0.1, 0.15) is 0 Å². The van der Waals surface area contributed by atoms with Gasteiger partial charge >= 0.3 is 0 Å². The summed E-state index contributed by atoms with van der Waals surface area (Å²) in [5, 5.41) is 0. The molecule has 2 atom stereocenters. The van der Waals surface area contributed by atoms with Gasteiger partial charge in [0.2, 0.25) is 0 Å². The molecule has 2 aliphatic heterocycles. The van der Waals surface area contributed by atoms with E-state index in [9.17, 15) is 8.42 Å². The zero-order valence-electron chi connectivity index (χ0n) is 14.5. The SMILES string of the molecule is CN1CC2CC1CN2c1ccc(S(=O)(=O)Nc2ccccc2)cc1N.Cl. The lowest BCUT2D eigenvalue weighted by molar-refractivity contribution is 0.293. The molecule has 8 heteroatoms. The van der Waals surface area contributed by atoms with E-state index in [-0.39, 0.29) is 17.3 Å². The van der Waals surface area contributed by atoms with Gasteiger partial charge in [0.05, 0.1) is 16.3 Å². The lowest BCUT2D eigenvalue weighted by Crippen LogP contribution is -2.44. The van der Waals surface area contributed by atoms with Gasteiger partial charge in [-0.25, -0.2) is 8.42 Å². The van der Waals surface area contributed by atoms with Crippen molar-refractivity contribution in [1.29, 1.82) is 0 Å². The van der Waals surface area contributed by atoms with Gasteiger partial charge in [-0.3, -0.25) is 9.62 Å². The highest BCUT2D eigenvalue weighted by atomic mass is 35.5. The average molecular weight is 395 g/mol. The predicted molar refractivity (Wildman–Crippen MR) is 108 cm³/mol.